The number of rotatable bonds is 2. The number of hydrogen-bond donors (Lipinski definition) is 2. The summed E-state index contributed by atoms with van der Waals surface area (Å²) in [6, 6.07) is 3.52. The highest BCUT2D eigenvalue weighted by molar-refractivity contribution is 5.71. The number of anilines is 1. The van der Waals surface area contributed by atoms with Crippen LogP contribution in [0, 0.1) is 0 Å². The fraction of sp³-hybridized carbons (Fsp3) is 0.111. The molecule has 3 N–H and O–H groups in total. The minimum absolute atomic E-state index is 0.0822. The van der Waals surface area contributed by atoms with Crippen LogP contribution in [0.5, 0.6) is 0 Å². The number of carboxylic acids is 1. The fourth-order valence-electron chi connectivity index (χ4n) is 1.33. The molecule has 0 bridgehead atoms. The predicted molar refractivity (Wildman–Crippen MR) is 50.9 cm³/mol. The Morgan fingerprint density at radius 2 is 2.43 bits per heavy atom. The Balaban J connectivity index is 2.51. The third-order valence-electron chi connectivity index (χ3n) is 1.90. The van der Waals surface area contributed by atoms with Gasteiger partial charge >= 0.3 is 5.97 Å². The minimum Gasteiger partial charge on any atom is -0.481 e. The maximum Gasteiger partial charge on any atom is 0.309 e. The molecule has 5 nitrogen and oxygen atoms in total. The number of imidazole rings is 1. The summed E-state index contributed by atoms with van der Waals surface area (Å²) in [4.78, 5) is 14.6. The first-order chi connectivity index (χ1) is 6.66. The molecule has 5 heteroatoms. The van der Waals surface area contributed by atoms with Gasteiger partial charge in [0.2, 0.25) is 0 Å². The molecule has 2 heterocycles. The van der Waals surface area contributed by atoms with Gasteiger partial charge in [0.05, 0.1) is 17.8 Å². The molecule has 14 heavy (non-hydrogen) atoms. The van der Waals surface area contributed by atoms with E-state index in [0.29, 0.717) is 17.0 Å². The van der Waals surface area contributed by atoms with Crippen LogP contribution in [-0.4, -0.2) is 20.5 Å². The smallest absolute Gasteiger partial charge is 0.309 e. The van der Waals surface area contributed by atoms with Crippen LogP contribution >= 0.6 is 0 Å². The van der Waals surface area contributed by atoms with Gasteiger partial charge in [-0.2, -0.15) is 0 Å². The number of nitrogens with zero attached hydrogens (tertiary/aromatic N) is 2. The van der Waals surface area contributed by atoms with Crippen molar-refractivity contribution < 1.29 is 9.90 Å². The van der Waals surface area contributed by atoms with E-state index in [0.717, 1.165) is 0 Å². The summed E-state index contributed by atoms with van der Waals surface area (Å²) in [6.07, 6.45) is 3.37. The maximum absolute atomic E-state index is 10.4. The molecule has 0 aromatic carbocycles. The molecule has 0 amide bonds. The third kappa shape index (κ3) is 1.39. The van der Waals surface area contributed by atoms with Crippen LogP contribution in [0.2, 0.25) is 0 Å². The number of hydrogen-bond acceptors (Lipinski definition) is 3. The standard InChI is InChI=1S/C9H9N3O2/c10-7-2-1-3-12-5-6(4-8(13)14)11-9(7)12/h1-3,5H,4,10H2,(H,13,14). The first-order valence-electron chi connectivity index (χ1n) is 4.10. The van der Waals surface area contributed by atoms with Gasteiger partial charge in [-0.05, 0) is 12.1 Å². The Morgan fingerprint density at radius 1 is 1.64 bits per heavy atom. The first kappa shape index (κ1) is 8.55. The van der Waals surface area contributed by atoms with E-state index in [-0.39, 0.29) is 6.42 Å². The number of nitrogens with two attached hydrogens (primary N) is 1. The highest BCUT2D eigenvalue weighted by Crippen LogP contribution is 2.12. The van der Waals surface area contributed by atoms with Gasteiger partial charge in [-0.15, -0.1) is 0 Å². The zero-order valence-corrected chi connectivity index (χ0v) is 7.34. The quantitative estimate of drug-likeness (QED) is 0.726. The van der Waals surface area contributed by atoms with Crippen LogP contribution in [0.15, 0.2) is 24.5 Å². The molecule has 0 radical (unpaired) electrons. The average Bonchev–Trinajstić information content (AvgIpc) is 2.47. The third-order valence-corrected chi connectivity index (χ3v) is 1.90. The average molecular weight is 191 g/mol. The van der Waals surface area contributed by atoms with E-state index in [1.807, 2.05) is 0 Å². The second kappa shape index (κ2) is 3.02. The van der Waals surface area contributed by atoms with Crippen LogP contribution in [0.4, 0.5) is 5.69 Å². The molecule has 0 atom stereocenters. The molecule has 0 unspecified atom stereocenters. The van der Waals surface area contributed by atoms with Crippen molar-refractivity contribution in [2.75, 3.05) is 5.73 Å². The van der Waals surface area contributed by atoms with Crippen molar-refractivity contribution in [1.29, 1.82) is 0 Å². The van der Waals surface area contributed by atoms with Crippen molar-refractivity contribution in [1.82, 2.24) is 9.38 Å². The summed E-state index contributed by atoms with van der Waals surface area (Å²) >= 11 is 0. The molecule has 0 aliphatic rings. The van der Waals surface area contributed by atoms with Crippen LogP contribution in [-0.2, 0) is 11.2 Å². The van der Waals surface area contributed by atoms with E-state index >= 15 is 0 Å². The van der Waals surface area contributed by atoms with Gasteiger partial charge in [0.15, 0.2) is 5.65 Å². The predicted octanol–water partition coefficient (Wildman–Crippen LogP) is 0.544. The Morgan fingerprint density at radius 3 is 3.07 bits per heavy atom. The molecule has 2 aromatic heterocycles. The zero-order valence-electron chi connectivity index (χ0n) is 7.34. The molecule has 0 aliphatic carbocycles. The zero-order chi connectivity index (χ0) is 10.1. The van der Waals surface area contributed by atoms with Crippen molar-refractivity contribution in [3.63, 3.8) is 0 Å². The molecule has 0 aliphatic heterocycles. The van der Waals surface area contributed by atoms with Gasteiger partial charge < -0.3 is 15.2 Å². The van der Waals surface area contributed by atoms with E-state index in [1.165, 1.54) is 0 Å². The summed E-state index contributed by atoms with van der Waals surface area (Å²) < 4.78 is 1.72. The van der Waals surface area contributed by atoms with Crippen molar-refractivity contribution in [2.24, 2.45) is 0 Å². The van der Waals surface area contributed by atoms with Gasteiger partial charge in [0, 0.05) is 12.4 Å². The highest BCUT2D eigenvalue weighted by atomic mass is 16.4. The lowest BCUT2D eigenvalue weighted by Crippen LogP contribution is -1.99. The van der Waals surface area contributed by atoms with Gasteiger partial charge in [-0.1, -0.05) is 0 Å². The van der Waals surface area contributed by atoms with Crippen LogP contribution in [0.1, 0.15) is 5.69 Å². The van der Waals surface area contributed by atoms with Gasteiger partial charge in [-0.3, -0.25) is 4.79 Å². The highest BCUT2D eigenvalue weighted by Gasteiger charge is 2.06. The Hall–Kier alpha value is -2.04. The number of aliphatic carboxylic acids is 1. The number of carbonyl (C=O) groups is 1. The van der Waals surface area contributed by atoms with E-state index in [1.54, 1.807) is 28.9 Å². The van der Waals surface area contributed by atoms with Gasteiger partial charge in [-0.25, -0.2) is 4.98 Å². The number of carboxylic acid groups (broad SMARTS) is 1. The fourth-order valence-corrected chi connectivity index (χ4v) is 1.33. The molecule has 0 saturated heterocycles. The van der Waals surface area contributed by atoms with Crippen molar-refractivity contribution >= 4 is 17.3 Å². The molecule has 0 fully saturated rings. The van der Waals surface area contributed by atoms with Crippen LogP contribution in [0.3, 0.4) is 0 Å². The van der Waals surface area contributed by atoms with E-state index in [2.05, 4.69) is 4.98 Å². The van der Waals surface area contributed by atoms with Crippen molar-refractivity contribution in [3.05, 3.63) is 30.2 Å². The first-order valence-corrected chi connectivity index (χ1v) is 4.10. The molecule has 0 saturated carbocycles. The molecular weight excluding hydrogens is 182 g/mol. The number of fused-ring (bicyclic) bond motifs is 1. The second-order valence-corrected chi connectivity index (χ2v) is 3.00. The lowest BCUT2D eigenvalue weighted by Gasteiger charge is -1.94. The molecule has 72 valence electrons. The van der Waals surface area contributed by atoms with Crippen molar-refractivity contribution in [2.45, 2.75) is 6.42 Å². The van der Waals surface area contributed by atoms with Gasteiger partial charge in [0.1, 0.15) is 0 Å². The summed E-state index contributed by atoms with van der Waals surface area (Å²) in [6.45, 7) is 0. The Bertz CT molecular complexity index is 490. The SMILES string of the molecule is Nc1cccn2cc(CC(=O)O)nc12. The number of aromatic nitrogens is 2. The number of pyridine rings is 1. The molecule has 2 rings (SSSR count). The van der Waals surface area contributed by atoms with E-state index in [4.69, 9.17) is 10.8 Å². The normalized spacial score (nSPS) is 10.6. The minimum atomic E-state index is -0.896. The molecular formula is C9H9N3O2. The summed E-state index contributed by atoms with van der Waals surface area (Å²) in [5.41, 5.74) is 7.33. The lowest BCUT2D eigenvalue weighted by atomic mass is 10.3. The summed E-state index contributed by atoms with van der Waals surface area (Å²) in [7, 11) is 0. The second-order valence-electron chi connectivity index (χ2n) is 3.00. The van der Waals surface area contributed by atoms with E-state index in [9.17, 15) is 4.79 Å². The van der Waals surface area contributed by atoms with Crippen LogP contribution in [0.25, 0.3) is 5.65 Å². The van der Waals surface area contributed by atoms with Gasteiger partial charge in [0.25, 0.3) is 0 Å². The Labute approximate surface area is 79.8 Å². The Kier molecular flexibility index (Phi) is 1.85. The topological polar surface area (TPSA) is 80.6 Å². The largest absolute Gasteiger partial charge is 0.481 e. The monoisotopic (exact) mass is 191 g/mol. The number of nitrogen functional groups attached to an aromatic ring is 1. The maximum atomic E-state index is 10.4. The molecule has 2 aromatic rings. The van der Waals surface area contributed by atoms with Crippen LogP contribution < -0.4 is 5.73 Å². The van der Waals surface area contributed by atoms with E-state index < -0.39 is 5.97 Å². The van der Waals surface area contributed by atoms with Crippen molar-refractivity contribution in [3.8, 4) is 0 Å². The molecule has 0 spiro atoms. The summed E-state index contributed by atoms with van der Waals surface area (Å²) in [5, 5.41) is 8.58. The summed E-state index contributed by atoms with van der Waals surface area (Å²) in [5.74, 6) is -0.896. The lowest BCUT2D eigenvalue weighted by molar-refractivity contribution is -0.136.